The highest BCUT2D eigenvalue weighted by Gasteiger charge is 2.12. The summed E-state index contributed by atoms with van der Waals surface area (Å²) in [6.45, 7) is 2.10. The van der Waals surface area contributed by atoms with Crippen molar-refractivity contribution in [1.29, 1.82) is 0 Å². The van der Waals surface area contributed by atoms with Gasteiger partial charge in [0.25, 0.3) is 0 Å². The van der Waals surface area contributed by atoms with E-state index in [0.29, 0.717) is 18.4 Å². The van der Waals surface area contributed by atoms with Crippen LogP contribution in [0.15, 0.2) is 18.2 Å². The molecule has 0 saturated carbocycles. The molecule has 0 heterocycles. The third kappa shape index (κ3) is 4.25. The molecule has 100 valence electrons. The monoisotopic (exact) mass is 253 g/mol. The Morgan fingerprint density at radius 1 is 1.39 bits per heavy atom. The fraction of sp³-hybridized carbons (Fsp3) is 0.462. The first kappa shape index (κ1) is 14.3. The summed E-state index contributed by atoms with van der Waals surface area (Å²) >= 11 is 0. The van der Waals surface area contributed by atoms with Crippen molar-refractivity contribution in [1.82, 2.24) is 5.32 Å². The normalized spacial score (nSPS) is 12.1. The van der Waals surface area contributed by atoms with E-state index in [4.69, 9.17) is 5.11 Å². The largest absolute Gasteiger partial charge is 0.508 e. The van der Waals surface area contributed by atoms with Gasteiger partial charge in [0.1, 0.15) is 11.5 Å². The van der Waals surface area contributed by atoms with Crippen LogP contribution in [0.2, 0.25) is 0 Å². The number of aliphatic hydroxyl groups is 1. The molecule has 0 fully saturated rings. The van der Waals surface area contributed by atoms with Crippen LogP contribution in [0.25, 0.3) is 0 Å². The van der Waals surface area contributed by atoms with Crippen molar-refractivity contribution in [2.24, 2.45) is 0 Å². The average Bonchev–Trinajstić information content (AvgIpc) is 2.33. The van der Waals surface area contributed by atoms with E-state index in [2.05, 4.69) is 5.32 Å². The molecule has 0 aromatic heterocycles. The molecular weight excluding hydrogens is 234 g/mol. The molecular formula is C13H19NO4. The topological polar surface area (TPSA) is 89.8 Å². The molecule has 1 aromatic rings. The highest BCUT2D eigenvalue weighted by molar-refractivity contribution is 5.75. The summed E-state index contributed by atoms with van der Waals surface area (Å²) < 4.78 is 0. The van der Waals surface area contributed by atoms with Crippen molar-refractivity contribution in [3.05, 3.63) is 23.8 Å². The second-order valence-electron chi connectivity index (χ2n) is 4.26. The van der Waals surface area contributed by atoms with E-state index in [1.165, 1.54) is 12.1 Å². The van der Waals surface area contributed by atoms with Gasteiger partial charge in [-0.25, -0.2) is 0 Å². The van der Waals surface area contributed by atoms with Crippen molar-refractivity contribution in [2.45, 2.75) is 25.7 Å². The third-order valence-electron chi connectivity index (χ3n) is 2.78. The number of nitrogens with one attached hydrogen (secondary N) is 1. The number of amides is 1. The van der Waals surface area contributed by atoms with Crippen molar-refractivity contribution in [3.63, 3.8) is 0 Å². The van der Waals surface area contributed by atoms with Crippen LogP contribution in [0.4, 0.5) is 0 Å². The number of carbonyl (C=O) groups is 1. The molecule has 1 unspecified atom stereocenters. The number of phenolic OH excluding ortho intramolecular Hbond substituents is 2. The SMILES string of the molecule is CC(CCC(=O)NCCO)c1ccc(O)cc1O. The molecule has 5 heteroatoms. The third-order valence-corrected chi connectivity index (χ3v) is 2.78. The van der Waals surface area contributed by atoms with Gasteiger partial charge in [0.05, 0.1) is 6.61 Å². The van der Waals surface area contributed by atoms with Gasteiger partial charge in [-0.3, -0.25) is 4.79 Å². The van der Waals surface area contributed by atoms with Gasteiger partial charge in [0.15, 0.2) is 0 Å². The highest BCUT2D eigenvalue weighted by atomic mass is 16.3. The van der Waals surface area contributed by atoms with Crippen molar-refractivity contribution in [2.75, 3.05) is 13.2 Å². The second-order valence-corrected chi connectivity index (χ2v) is 4.26. The lowest BCUT2D eigenvalue weighted by molar-refractivity contribution is -0.121. The summed E-state index contributed by atoms with van der Waals surface area (Å²) in [5, 5.41) is 30.0. The number of hydrogen-bond acceptors (Lipinski definition) is 4. The molecule has 1 amide bonds. The quantitative estimate of drug-likeness (QED) is 0.611. The zero-order valence-electron chi connectivity index (χ0n) is 10.4. The zero-order chi connectivity index (χ0) is 13.5. The summed E-state index contributed by atoms with van der Waals surface area (Å²) in [5.41, 5.74) is 0.711. The molecule has 1 rings (SSSR count). The van der Waals surface area contributed by atoms with Gasteiger partial charge < -0.3 is 20.6 Å². The Morgan fingerprint density at radius 2 is 2.11 bits per heavy atom. The Hall–Kier alpha value is -1.75. The summed E-state index contributed by atoms with van der Waals surface area (Å²) in [4.78, 5) is 11.4. The zero-order valence-corrected chi connectivity index (χ0v) is 10.4. The number of aromatic hydroxyl groups is 2. The molecule has 0 spiro atoms. The summed E-state index contributed by atoms with van der Waals surface area (Å²) in [5.74, 6) is -0.0398. The second kappa shape index (κ2) is 6.86. The Labute approximate surface area is 106 Å². The van der Waals surface area contributed by atoms with Crippen LogP contribution in [-0.2, 0) is 4.79 Å². The van der Waals surface area contributed by atoms with Gasteiger partial charge in [-0.05, 0) is 24.0 Å². The molecule has 1 aromatic carbocycles. The van der Waals surface area contributed by atoms with E-state index in [1.807, 2.05) is 6.92 Å². The maximum atomic E-state index is 11.4. The minimum atomic E-state index is -0.117. The van der Waals surface area contributed by atoms with Crippen LogP contribution in [0, 0.1) is 0 Å². The smallest absolute Gasteiger partial charge is 0.220 e. The van der Waals surface area contributed by atoms with E-state index in [1.54, 1.807) is 6.07 Å². The predicted octanol–water partition coefficient (Wildman–Crippen LogP) is 1.09. The van der Waals surface area contributed by atoms with Crippen LogP contribution >= 0.6 is 0 Å². The number of aliphatic hydroxyl groups excluding tert-OH is 1. The van der Waals surface area contributed by atoms with Crippen LogP contribution in [0.1, 0.15) is 31.2 Å². The van der Waals surface area contributed by atoms with Crippen molar-refractivity contribution >= 4 is 5.91 Å². The summed E-state index contributed by atoms with van der Waals surface area (Å²) in [7, 11) is 0. The Balaban J connectivity index is 2.50. The molecule has 5 nitrogen and oxygen atoms in total. The first-order valence-electron chi connectivity index (χ1n) is 5.94. The van der Waals surface area contributed by atoms with E-state index in [0.717, 1.165) is 0 Å². The first-order valence-corrected chi connectivity index (χ1v) is 5.94. The number of hydrogen-bond donors (Lipinski definition) is 4. The van der Waals surface area contributed by atoms with Gasteiger partial charge >= 0.3 is 0 Å². The lowest BCUT2D eigenvalue weighted by atomic mass is 9.95. The Kier molecular flexibility index (Phi) is 5.45. The lowest BCUT2D eigenvalue weighted by Gasteiger charge is -2.13. The highest BCUT2D eigenvalue weighted by Crippen LogP contribution is 2.31. The number of phenols is 2. The molecule has 0 aliphatic carbocycles. The van der Waals surface area contributed by atoms with E-state index in [9.17, 15) is 15.0 Å². The standard InChI is InChI=1S/C13H19NO4/c1-9(2-5-13(18)14-6-7-15)11-4-3-10(16)8-12(11)17/h3-4,8-9,15-17H,2,5-7H2,1H3,(H,14,18). The van der Waals surface area contributed by atoms with Crippen LogP contribution < -0.4 is 5.32 Å². The number of benzene rings is 1. The van der Waals surface area contributed by atoms with Crippen LogP contribution in [0.3, 0.4) is 0 Å². The van der Waals surface area contributed by atoms with Gasteiger partial charge in [0.2, 0.25) is 5.91 Å². The van der Waals surface area contributed by atoms with E-state index < -0.39 is 0 Å². The van der Waals surface area contributed by atoms with Crippen LogP contribution in [0.5, 0.6) is 11.5 Å². The molecule has 0 saturated heterocycles. The molecule has 1 atom stereocenters. The van der Waals surface area contributed by atoms with Gasteiger partial charge in [-0.1, -0.05) is 13.0 Å². The minimum absolute atomic E-state index is 0.0177. The Bertz CT molecular complexity index is 406. The predicted molar refractivity (Wildman–Crippen MR) is 67.5 cm³/mol. The lowest BCUT2D eigenvalue weighted by Crippen LogP contribution is -2.26. The maximum absolute atomic E-state index is 11.4. The Morgan fingerprint density at radius 3 is 2.72 bits per heavy atom. The van der Waals surface area contributed by atoms with E-state index >= 15 is 0 Å². The molecule has 0 aliphatic heterocycles. The molecule has 4 N–H and O–H groups in total. The first-order chi connectivity index (χ1) is 8.54. The molecule has 0 bridgehead atoms. The fourth-order valence-electron chi connectivity index (χ4n) is 1.74. The van der Waals surface area contributed by atoms with Gasteiger partial charge in [-0.15, -0.1) is 0 Å². The van der Waals surface area contributed by atoms with E-state index in [-0.39, 0.29) is 36.5 Å². The molecule has 0 radical (unpaired) electrons. The minimum Gasteiger partial charge on any atom is -0.508 e. The number of rotatable bonds is 6. The molecule has 0 aliphatic rings. The average molecular weight is 253 g/mol. The van der Waals surface area contributed by atoms with Gasteiger partial charge in [0, 0.05) is 19.0 Å². The summed E-state index contributed by atoms with van der Waals surface area (Å²) in [6.07, 6.45) is 0.928. The maximum Gasteiger partial charge on any atom is 0.220 e. The van der Waals surface area contributed by atoms with Gasteiger partial charge in [-0.2, -0.15) is 0 Å². The molecule has 18 heavy (non-hydrogen) atoms. The summed E-state index contributed by atoms with van der Waals surface area (Å²) in [6, 6.07) is 4.45. The van der Waals surface area contributed by atoms with Crippen molar-refractivity contribution in [3.8, 4) is 11.5 Å². The number of carbonyl (C=O) groups excluding carboxylic acids is 1. The fourth-order valence-corrected chi connectivity index (χ4v) is 1.74. The van der Waals surface area contributed by atoms with Crippen molar-refractivity contribution < 1.29 is 20.1 Å². The van der Waals surface area contributed by atoms with Crippen LogP contribution in [-0.4, -0.2) is 34.4 Å².